The van der Waals surface area contributed by atoms with E-state index in [9.17, 15) is 9.59 Å². The van der Waals surface area contributed by atoms with Gasteiger partial charge in [-0.15, -0.1) is 0 Å². The Bertz CT molecular complexity index is 370. The quantitative estimate of drug-likeness (QED) is 0.579. The number of carbonyl (C=O) groups excluding carboxylic acids is 2. The molecule has 1 aliphatic carbocycles. The molecule has 2 heterocycles. The maximum atomic E-state index is 11.8. The fourth-order valence-corrected chi connectivity index (χ4v) is 4.77. The summed E-state index contributed by atoms with van der Waals surface area (Å²) in [6.07, 6.45) is 7.50. The van der Waals surface area contributed by atoms with Crippen LogP contribution in [-0.2, 0) is 4.79 Å². The molecule has 0 aromatic heterocycles. The fourth-order valence-electron chi connectivity index (χ4n) is 3.22. The Hall–Kier alpha value is -0.710. The van der Waals surface area contributed by atoms with Gasteiger partial charge in [0.25, 0.3) is 0 Å². The van der Waals surface area contributed by atoms with Crippen LogP contribution in [0.3, 0.4) is 0 Å². The molecule has 0 spiro atoms. The average Bonchev–Trinajstić information content (AvgIpc) is 2.82. The third kappa shape index (κ3) is 2.91. The van der Waals surface area contributed by atoms with Gasteiger partial charge in [0.05, 0.1) is 12.1 Å². The first kappa shape index (κ1) is 13.3. The summed E-state index contributed by atoms with van der Waals surface area (Å²) in [5.74, 6) is 1.90. The van der Waals surface area contributed by atoms with Gasteiger partial charge in [-0.2, -0.15) is 11.8 Å². The molecule has 2 amide bonds. The number of thioether (sulfide) groups is 1. The number of amides is 2. The minimum atomic E-state index is -0.0135. The lowest BCUT2D eigenvalue weighted by atomic mass is 9.80. The van der Waals surface area contributed by atoms with Crippen molar-refractivity contribution in [3.8, 4) is 0 Å². The number of hydrogen-bond donors (Lipinski definition) is 2. The van der Waals surface area contributed by atoms with Crippen LogP contribution in [-0.4, -0.2) is 34.9 Å². The van der Waals surface area contributed by atoms with Crippen LogP contribution in [0.1, 0.15) is 44.9 Å². The molecule has 19 heavy (non-hydrogen) atoms. The van der Waals surface area contributed by atoms with E-state index in [1.165, 1.54) is 6.42 Å². The Morgan fingerprint density at radius 3 is 2.84 bits per heavy atom. The lowest BCUT2D eigenvalue weighted by Gasteiger charge is -2.23. The van der Waals surface area contributed by atoms with E-state index in [0.29, 0.717) is 29.0 Å². The summed E-state index contributed by atoms with van der Waals surface area (Å²) in [5.41, 5.74) is 0. The molecule has 4 nitrogen and oxygen atoms in total. The highest BCUT2D eigenvalue weighted by molar-refractivity contribution is 8.00. The number of rotatable bonds is 6. The highest BCUT2D eigenvalue weighted by atomic mass is 32.2. The zero-order chi connectivity index (χ0) is 13.2. The van der Waals surface area contributed by atoms with Crippen LogP contribution in [0.2, 0.25) is 0 Å². The second-order valence-corrected chi connectivity index (χ2v) is 7.23. The van der Waals surface area contributed by atoms with E-state index in [-0.39, 0.29) is 6.03 Å². The zero-order valence-corrected chi connectivity index (χ0v) is 12.0. The van der Waals surface area contributed by atoms with Crippen LogP contribution < -0.4 is 10.6 Å². The molecule has 0 radical (unpaired) electrons. The number of Topliss-reactive ketones (excluding diaryl/α,β-unsaturated/α-hetero) is 1. The molecule has 3 aliphatic rings. The molecule has 3 fully saturated rings. The summed E-state index contributed by atoms with van der Waals surface area (Å²) < 4.78 is 0. The van der Waals surface area contributed by atoms with Crippen molar-refractivity contribution in [3.05, 3.63) is 0 Å². The van der Waals surface area contributed by atoms with Crippen molar-refractivity contribution < 1.29 is 9.59 Å². The van der Waals surface area contributed by atoms with Crippen molar-refractivity contribution in [2.75, 3.05) is 5.75 Å². The average molecular weight is 282 g/mol. The van der Waals surface area contributed by atoms with Crippen LogP contribution in [0.25, 0.3) is 0 Å². The molecule has 5 heteroatoms. The Morgan fingerprint density at radius 2 is 2.11 bits per heavy atom. The van der Waals surface area contributed by atoms with Crippen molar-refractivity contribution in [2.24, 2.45) is 5.92 Å². The lowest BCUT2D eigenvalue weighted by Crippen LogP contribution is -2.36. The second kappa shape index (κ2) is 5.73. The van der Waals surface area contributed by atoms with Crippen LogP contribution in [0, 0.1) is 5.92 Å². The van der Waals surface area contributed by atoms with E-state index in [0.717, 1.165) is 44.3 Å². The Balaban J connectivity index is 1.34. The van der Waals surface area contributed by atoms with Gasteiger partial charge in [-0.3, -0.25) is 4.79 Å². The maximum absolute atomic E-state index is 11.8. The number of nitrogens with one attached hydrogen (secondary N) is 2. The number of unbranched alkanes of at least 4 members (excludes halogenated alkanes) is 1. The first-order valence-electron chi connectivity index (χ1n) is 7.45. The normalized spacial score (nSPS) is 33.5. The summed E-state index contributed by atoms with van der Waals surface area (Å²) >= 11 is 1.96. The molecule has 2 aliphatic heterocycles. The van der Waals surface area contributed by atoms with Gasteiger partial charge in [0, 0.05) is 23.3 Å². The van der Waals surface area contributed by atoms with Gasteiger partial charge in [-0.1, -0.05) is 12.8 Å². The van der Waals surface area contributed by atoms with Crippen molar-refractivity contribution >= 4 is 23.6 Å². The van der Waals surface area contributed by atoms with Gasteiger partial charge in [-0.25, -0.2) is 4.79 Å². The number of urea groups is 1. The molecule has 2 N–H and O–H groups in total. The molecule has 1 saturated carbocycles. The van der Waals surface area contributed by atoms with Crippen LogP contribution in [0.15, 0.2) is 0 Å². The molecular formula is C14H22N2O2S. The Labute approximate surface area is 118 Å². The topological polar surface area (TPSA) is 58.2 Å². The van der Waals surface area contributed by atoms with Crippen molar-refractivity contribution in [1.82, 2.24) is 10.6 Å². The van der Waals surface area contributed by atoms with Gasteiger partial charge in [-0.05, 0) is 25.7 Å². The summed E-state index contributed by atoms with van der Waals surface area (Å²) in [5, 5.41) is 6.50. The minimum absolute atomic E-state index is 0.0135. The number of ketones is 1. The molecule has 3 rings (SSSR count). The first-order chi connectivity index (χ1) is 9.24. The van der Waals surface area contributed by atoms with Gasteiger partial charge >= 0.3 is 6.03 Å². The van der Waals surface area contributed by atoms with Crippen molar-refractivity contribution in [1.29, 1.82) is 0 Å². The summed E-state index contributed by atoms with van der Waals surface area (Å²) in [6.45, 7) is 0. The van der Waals surface area contributed by atoms with Gasteiger partial charge in [0.1, 0.15) is 5.78 Å². The Kier molecular flexibility index (Phi) is 4.01. The highest BCUT2D eigenvalue weighted by Gasteiger charge is 2.42. The zero-order valence-electron chi connectivity index (χ0n) is 11.2. The molecular weight excluding hydrogens is 260 g/mol. The number of fused-ring (bicyclic) bond motifs is 1. The Morgan fingerprint density at radius 1 is 1.26 bits per heavy atom. The smallest absolute Gasteiger partial charge is 0.315 e. The SMILES string of the molecule is O=C1NC2CS[C@H](CCCCC(=O)C3CCC3)C2N1. The van der Waals surface area contributed by atoms with Gasteiger partial charge in [0.15, 0.2) is 0 Å². The second-order valence-electron chi connectivity index (χ2n) is 5.96. The molecule has 0 aromatic carbocycles. The molecule has 0 aromatic rings. The van der Waals surface area contributed by atoms with E-state index in [1.807, 2.05) is 11.8 Å². The van der Waals surface area contributed by atoms with E-state index >= 15 is 0 Å². The standard InChI is InChI=1S/C14H22N2O2S/c17-11(9-4-3-5-9)6-1-2-7-12-13-10(8-19-12)15-14(18)16-13/h9-10,12-13H,1-8H2,(H2,15,16,18)/t10?,12-,13?/m1/s1. The van der Waals surface area contributed by atoms with Crippen molar-refractivity contribution in [2.45, 2.75) is 62.3 Å². The molecule has 0 bridgehead atoms. The number of carbonyl (C=O) groups is 2. The maximum Gasteiger partial charge on any atom is 0.315 e. The monoisotopic (exact) mass is 282 g/mol. The van der Waals surface area contributed by atoms with E-state index in [1.54, 1.807) is 0 Å². The third-order valence-corrected chi connectivity index (χ3v) is 6.17. The van der Waals surface area contributed by atoms with E-state index in [4.69, 9.17) is 0 Å². The number of hydrogen-bond acceptors (Lipinski definition) is 3. The summed E-state index contributed by atoms with van der Waals surface area (Å²) in [7, 11) is 0. The largest absolute Gasteiger partial charge is 0.332 e. The minimum Gasteiger partial charge on any atom is -0.332 e. The molecule has 106 valence electrons. The lowest BCUT2D eigenvalue weighted by molar-refractivity contribution is -0.125. The predicted molar refractivity (Wildman–Crippen MR) is 76.3 cm³/mol. The molecule has 3 atom stereocenters. The van der Waals surface area contributed by atoms with Crippen LogP contribution in [0.5, 0.6) is 0 Å². The van der Waals surface area contributed by atoms with E-state index < -0.39 is 0 Å². The fraction of sp³-hybridized carbons (Fsp3) is 0.857. The van der Waals surface area contributed by atoms with Crippen LogP contribution >= 0.6 is 11.8 Å². The van der Waals surface area contributed by atoms with Gasteiger partial charge in [0.2, 0.25) is 0 Å². The summed E-state index contributed by atoms with van der Waals surface area (Å²) in [4.78, 5) is 23.0. The highest BCUT2D eigenvalue weighted by Crippen LogP contribution is 2.33. The van der Waals surface area contributed by atoms with Crippen LogP contribution in [0.4, 0.5) is 4.79 Å². The molecule has 2 unspecified atom stereocenters. The third-order valence-electron chi connectivity index (χ3n) is 4.66. The summed E-state index contributed by atoms with van der Waals surface area (Å²) in [6, 6.07) is 0.611. The predicted octanol–water partition coefficient (Wildman–Crippen LogP) is 2.08. The first-order valence-corrected chi connectivity index (χ1v) is 8.50. The molecule has 2 saturated heterocycles. The van der Waals surface area contributed by atoms with Crippen molar-refractivity contribution in [3.63, 3.8) is 0 Å². The van der Waals surface area contributed by atoms with Gasteiger partial charge < -0.3 is 10.6 Å². The van der Waals surface area contributed by atoms with E-state index in [2.05, 4.69) is 10.6 Å².